The molecule has 2 aliphatic rings. The Balaban J connectivity index is 1.79. The highest BCUT2D eigenvalue weighted by Crippen LogP contribution is 2.31. The minimum atomic E-state index is 0.207. The number of hydrogen-bond donors (Lipinski definition) is 1. The van der Waals surface area contributed by atoms with Crippen LogP contribution in [-0.2, 0) is 14.2 Å². The van der Waals surface area contributed by atoms with Crippen LogP contribution >= 0.6 is 0 Å². The maximum atomic E-state index is 6.20. The van der Waals surface area contributed by atoms with Crippen LogP contribution in [-0.4, -0.2) is 50.2 Å². The van der Waals surface area contributed by atoms with Crippen molar-refractivity contribution < 1.29 is 14.2 Å². The molecule has 0 aromatic heterocycles. The largest absolute Gasteiger partial charge is 0.377 e. The highest BCUT2D eigenvalue weighted by molar-refractivity contribution is 4.97. The van der Waals surface area contributed by atoms with E-state index >= 15 is 0 Å². The zero-order chi connectivity index (χ0) is 13.1. The van der Waals surface area contributed by atoms with Gasteiger partial charge in [0.2, 0.25) is 0 Å². The number of likely N-dealkylation sites (N-methyl/N-ethyl adjacent to an activating group) is 1. The molecule has 0 bridgehead atoms. The second-order valence-corrected chi connectivity index (χ2v) is 5.63. The van der Waals surface area contributed by atoms with E-state index in [1.165, 1.54) is 0 Å². The molecule has 2 rings (SSSR count). The molecule has 1 N–H and O–H groups in total. The lowest BCUT2D eigenvalue weighted by molar-refractivity contribution is -0.186. The summed E-state index contributed by atoms with van der Waals surface area (Å²) in [5.41, 5.74) is 0. The minimum Gasteiger partial charge on any atom is -0.377 e. The van der Waals surface area contributed by atoms with Gasteiger partial charge in [-0.25, -0.2) is 0 Å². The topological polar surface area (TPSA) is 39.7 Å². The first-order valence-electron chi connectivity index (χ1n) is 7.21. The van der Waals surface area contributed by atoms with Crippen LogP contribution in [0, 0.1) is 0 Å². The van der Waals surface area contributed by atoms with Crippen LogP contribution in [0.15, 0.2) is 0 Å². The molecule has 0 spiro atoms. The lowest BCUT2D eigenvalue weighted by Crippen LogP contribution is -2.60. The van der Waals surface area contributed by atoms with Gasteiger partial charge in [0.25, 0.3) is 0 Å². The summed E-state index contributed by atoms with van der Waals surface area (Å²) < 4.78 is 17.5. The predicted octanol–water partition coefficient (Wildman–Crippen LogP) is 1.72. The normalized spacial score (nSPS) is 44.7. The summed E-state index contributed by atoms with van der Waals surface area (Å²) >= 11 is 0. The summed E-state index contributed by atoms with van der Waals surface area (Å²) in [5.74, 6) is 0. The Morgan fingerprint density at radius 2 is 1.83 bits per heavy atom. The van der Waals surface area contributed by atoms with Crippen LogP contribution < -0.4 is 5.32 Å². The third-order valence-corrected chi connectivity index (χ3v) is 4.01. The SMILES string of the molecule is CCNC1CC(OC2CC(C)OC(C)C2)C1OC. The van der Waals surface area contributed by atoms with E-state index in [-0.39, 0.29) is 12.2 Å². The van der Waals surface area contributed by atoms with Gasteiger partial charge >= 0.3 is 0 Å². The van der Waals surface area contributed by atoms with Gasteiger partial charge in [0.15, 0.2) is 0 Å². The zero-order valence-electron chi connectivity index (χ0n) is 12.0. The smallest absolute Gasteiger partial charge is 0.0987 e. The molecule has 0 aromatic rings. The molecule has 106 valence electrons. The molecule has 1 saturated carbocycles. The molecular weight excluding hydrogens is 230 g/mol. The van der Waals surface area contributed by atoms with E-state index in [0.29, 0.717) is 24.4 Å². The molecule has 1 aliphatic carbocycles. The lowest BCUT2D eigenvalue weighted by atomic mass is 9.84. The van der Waals surface area contributed by atoms with Gasteiger partial charge in [0.1, 0.15) is 0 Å². The van der Waals surface area contributed by atoms with E-state index < -0.39 is 0 Å². The molecule has 5 unspecified atom stereocenters. The number of ether oxygens (including phenoxy) is 3. The average molecular weight is 257 g/mol. The van der Waals surface area contributed by atoms with Gasteiger partial charge in [-0.15, -0.1) is 0 Å². The van der Waals surface area contributed by atoms with Crippen LogP contribution in [0.4, 0.5) is 0 Å². The van der Waals surface area contributed by atoms with Crippen molar-refractivity contribution >= 4 is 0 Å². The van der Waals surface area contributed by atoms with Crippen molar-refractivity contribution in [1.29, 1.82) is 0 Å². The Kier molecular flexibility index (Phi) is 5.01. The molecule has 1 heterocycles. The molecule has 4 nitrogen and oxygen atoms in total. The third-order valence-electron chi connectivity index (χ3n) is 4.01. The van der Waals surface area contributed by atoms with E-state index in [1.54, 1.807) is 7.11 Å². The maximum Gasteiger partial charge on any atom is 0.0987 e. The molecule has 4 heteroatoms. The van der Waals surface area contributed by atoms with Crippen molar-refractivity contribution in [2.75, 3.05) is 13.7 Å². The first kappa shape index (κ1) is 14.3. The van der Waals surface area contributed by atoms with Crippen molar-refractivity contribution in [1.82, 2.24) is 5.32 Å². The summed E-state index contributed by atoms with van der Waals surface area (Å²) in [4.78, 5) is 0. The third kappa shape index (κ3) is 3.23. The van der Waals surface area contributed by atoms with Crippen molar-refractivity contribution in [3.63, 3.8) is 0 Å². The van der Waals surface area contributed by atoms with Gasteiger partial charge in [-0.3, -0.25) is 0 Å². The summed E-state index contributed by atoms with van der Waals surface area (Å²) in [6, 6.07) is 0.458. The lowest BCUT2D eigenvalue weighted by Gasteiger charge is -2.46. The molecular formula is C14H27NO3. The van der Waals surface area contributed by atoms with E-state index in [1.807, 2.05) is 0 Å². The van der Waals surface area contributed by atoms with Crippen LogP contribution in [0.1, 0.15) is 40.0 Å². The first-order chi connectivity index (χ1) is 8.63. The van der Waals surface area contributed by atoms with Crippen molar-refractivity contribution in [2.45, 2.75) is 76.6 Å². The van der Waals surface area contributed by atoms with E-state index in [4.69, 9.17) is 14.2 Å². The number of nitrogens with one attached hydrogen (secondary N) is 1. The number of methoxy groups -OCH3 is 1. The van der Waals surface area contributed by atoms with Gasteiger partial charge < -0.3 is 19.5 Å². The van der Waals surface area contributed by atoms with E-state index in [0.717, 1.165) is 25.8 Å². The highest BCUT2D eigenvalue weighted by Gasteiger charge is 2.43. The van der Waals surface area contributed by atoms with Gasteiger partial charge in [-0.1, -0.05) is 6.92 Å². The summed E-state index contributed by atoms with van der Waals surface area (Å²) in [6.07, 6.45) is 4.47. The quantitative estimate of drug-likeness (QED) is 0.814. The van der Waals surface area contributed by atoms with Crippen LogP contribution in [0.5, 0.6) is 0 Å². The van der Waals surface area contributed by atoms with Crippen LogP contribution in [0.25, 0.3) is 0 Å². The van der Waals surface area contributed by atoms with Crippen molar-refractivity contribution in [3.8, 4) is 0 Å². The van der Waals surface area contributed by atoms with Gasteiger partial charge in [0.05, 0.1) is 30.5 Å². The standard InChI is InChI=1S/C14H27NO3/c1-5-15-12-8-13(14(12)16-4)18-11-6-9(2)17-10(3)7-11/h9-15H,5-8H2,1-4H3. The second-order valence-electron chi connectivity index (χ2n) is 5.63. The fourth-order valence-electron chi connectivity index (χ4n) is 3.20. The van der Waals surface area contributed by atoms with Crippen molar-refractivity contribution in [2.24, 2.45) is 0 Å². The molecule has 2 fully saturated rings. The summed E-state index contributed by atoms with van der Waals surface area (Å²) in [6.45, 7) is 7.37. The Morgan fingerprint density at radius 3 is 2.39 bits per heavy atom. The molecule has 0 amide bonds. The van der Waals surface area contributed by atoms with Gasteiger partial charge in [-0.05, 0) is 39.7 Å². The molecule has 1 aliphatic heterocycles. The average Bonchev–Trinajstić information content (AvgIpc) is 2.26. The molecule has 0 aromatic carbocycles. The summed E-state index contributed by atoms with van der Waals surface area (Å²) in [7, 11) is 1.78. The zero-order valence-corrected chi connectivity index (χ0v) is 12.0. The highest BCUT2D eigenvalue weighted by atomic mass is 16.6. The predicted molar refractivity (Wildman–Crippen MR) is 70.8 cm³/mol. The van der Waals surface area contributed by atoms with Gasteiger partial charge in [0, 0.05) is 13.2 Å². The minimum absolute atomic E-state index is 0.207. The first-order valence-corrected chi connectivity index (χ1v) is 7.21. The fourth-order valence-corrected chi connectivity index (χ4v) is 3.20. The fraction of sp³-hybridized carbons (Fsp3) is 1.00. The Labute approximate surface area is 110 Å². The molecule has 5 atom stereocenters. The summed E-state index contributed by atoms with van der Waals surface area (Å²) in [5, 5.41) is 3.44. The van der Waals surface area contributed by atoms with Crippen LogP contribution in [0.2, 0.25) is 0 Å². The van der Waals surface area contributed by atoms with Gasteiger partial charge in [-0.2, -0.15) is 0 Å². The number of rotatable bonds is 5. The second kappa shape index (κ2) is 6.33. The Hall–Kier alpha value is -0.160. The van der Waals surface area contributed by atoms with E-state index in [9.17, 15) is 0 Å². The number of hydrogen-bond acceptors (Lipinski definition) is 4. The molecule has 1 saturated heterocycles. The Bertz CT molecular complexity index is 251. The Morgan fingerprint density at radius 1 is 1.17 bits per heavy atom. The van der Waals surface area contributed by atoms with Crippen LogP contribution in [0.3, 0.4) is 0 Å². The monoisotopic (exact) mass is 257 g/mol. The molecule has 0 radical (unpaired) electrons. The van der Waals surface area contributed by atoms with E-state index in [2.05, 4.69) is 26.1 Å². The molecule has 18 heavy (non-hydrogen) atoms. The van der Waals surface area contributed by atoms with Crippen molar-refractivity contribution in [3.05, 3.63) is 0 Å². The maximum absolute atomic E-state index is 6.20.